The summed E-state index contributed by atoms with van der Waals surface area (Å²) in [4.78, 5) is 9.29. The average Bonchev–Trinajstić information content (AvgIpc) is 3.24. The number of pyridine rings is 2. The summed E-state index contributed by atoms with van der Waals surface area (Å²) >= 11 is 0. The lowest BCUT2D eigenvalue weighted by Crippen LogP contribution is -2.16. The number of hydrogen-bond acceptors (Lipinski definition) is 4. The van der Waals surface area contributed by atoms with Crippen LogP contribution in [0.25, 0.3) is 17.0 Å². The van der Waals surface area contributed by atoms with Crippen LogP contribution in [-0.4, -0.2) is 27.5 Å². The fourth-order valence-corrected chi connectivity index (χ4v) is 3.22. The maximum atomic E-state index is 5.20. The topological polar surface area (TPSA) is 51.5 Å². The third-order valence-electron chi connectivity index (χ3n) is 4.44. The average molecular weight is 308 g/mol. The van der Waals surface area contributed by atoms with Crippen molar-refractivity contribution in [3.05, 3.63) is 42.7 Å². The first-order chi connectivity index (χ1) is 11.3. The summed E-state index contributed by atoms with van der Waals surface area (Å²) in [5.74, 6) is 1.79. The Bertz CT molecular complexity index is 804. The van der Waals surface area contributed by atoms with Crippen LogP contribution in [0, 0.1) is 0 Å². The molecule has 1 N–H and O–H groups in total. The second-order valence-corrected chi connectivity index (χ2v) is 5.95. The van der Waals surface area contributed by atoms with Gasteiger partial charge in [0.2, 0.25) is 0 Å². The Morgan fingerprint density at radius 3 is 2.78 bits per heavy atom. The third kappa shape index (κ3) is 2.63. The van der Waals surface area contributed by atoms with Crippen LogP contribution in [-0.2, 0) is 0 Å². The molecule has 4 rings (SSSR count). The molecule has 23 heavy (non-hydrogen) atoms. The zero-order chi connectivity index (χ0) is 15.6. The van der Waals surface area contributed by atoms with Crippen molar-refractivity contribution in [1.82, 2.24) is 14.4 Å². The summed E-state index contributed by atoms with van der Waals surface area (Å²) in [6.07, 6.45) is 8.81. The molecule has 3 heterocycles. The predicted molar refractivity (Wildman–Crippen MR) is 90.9 cm³/mol. The molecule has 0 aliphatic heterocycles. The zero-order valence-electron chi connectivity index (χ0n) is 13.2. The van der Waals surface area contributed by atoms with E-state index in [1.807, 2.05) is 36.5 Å². The van der Waals surface area contributed by atoms with Gasteiger partial charge in [0.25, 0.3) is 0 Å². The highest BCUT2D eigenvalue weighted by molar-refractivity contribution is 5.74. The van der Waals surface area contributed by atoms with E-state index in [0.717, 1.165) is 28.6 Å². The Balaban J connectivity index is 1.79. The first kappa shape index (κ1) is 14.1. The molecule has 0 bridgehead atoms. The van der Waals surface area contributed by atoms with Crippen LogP contribution < -0.4 is 10.1 Å². The Kier molecular flexibility index (Phi) is 3.61. The van der Waals surface area contributed by atoms with Crippen LogP contribution in [0.5, 0.6) is 5.75 Å². The van der Waals surface area contributed by atoms with Crippen LogP contribution in [0.4, 0.5) is 5.82 Å². The van der Waals surface area contributed by atoms with Crippen molar-refractivity contribution in [1.29, 1.82) is 0 Å². The largest absolute Gasteiger partial charge is 0.495 e. The van der Waals surface area contributed by atoms with E-state index in [0.29, 0.717) is 6.04 Å². The van der Waals surface area contributed by atoms with Crippen molar-refractivity contribution in [2.75, 3.05) is 12.4 Å². The van der Waals surface area contributed by atoms with Crippen molar-refractivity contribution in [3.63, 3.8) is 0 Å². The lowest BCUT2D eigenvalue weighted by molar-refractivity contribution is 0.413. The molecule has 1 fully saturated rings. The molecule has 1 saturated carbocycles. The van der Waals surface area contributed by atoms with Crippen molar-refractivity contribution >= 4 is 11.5 Å². The van der Waals surface area contributed by atoms with Gasteiger partial charge in [-0.15, -0.1) is 0 Å². The molecule has 0 aromatic carbocycles. The summed E-state index contributed by atoms with van der Waals surface area (Å²) in [6.45, 7) is 0. The fraction of sp³-hybridized carbons (Fsp3) is 0.333. The van der Waals surface area contributed by atoms with E-state index >= 15 is 0 Å². The van der Waals surface area contributed by atoms with E-state index in [-0.39, 0.29) is 0 Å². The minimum absolute atomic E-state index is 0.520. The van der Waals surface area contributed by atoms with E-state index in [9.17, 15) is 0 Å². The van der Waals surface area contributed by atoms with Gasteiger partial charge in [-0.3, -0.25) is 9.38 Å². The molecule has 3 aromatic rings. The molecule has 5 heteroatoms. The molecule has 0 amide bonds. The molecular weight excluding hydrogens is 288 g/mol. The Hall–Kier alpha value is -2.56. The van der Waals surface area contributed by atoms with Crippen LogP contribution in [0.15, 0.2) is 42.7 Å². The number of hydrogen-bond donors (Lipinski definition) is 1. The first-order valence-electron chi connectivity index (χ1n) is 8.09. The number of fused-ring (bicyclic) bond motifs is 1. The minimum Gasteiger partial charge on any atom is -0.495 e. The van der Waals surface area contributed by atoms with Crippen molar-refractivity contribution in [3.8, 4) is 17.1 Å². The Labute approximate surface area is 135 Å². The zero-order valence-corrected chi connectivity index (χ0v) is 13.2. The summed E-state index contributed by atoms with van der Waals surface area (Å²) in [5.41, 5.74) is 2.68. The smallest absolute Gasteiger partial charge is 0.140 e. The maximum absolute atomic E-state index is 5.20. The van der Waals surface area contributed by atoms with Crippen molar-refractivity contribution in [2.24, 2.45) is 0 Å². The van der Waals surface area contributed by atoms with E-state index in [2.05, 4.69) is 14.7 Å². The monoisotopic (exact) mass is 308 g/mol. The normalized spacial score (nSPS) is 15.2. The molecule has 5 nitrogen and oxygen atoms in total. The third-order valence-corrected chi connectivity index (χ3v) is 4.44. The van der Waals surface area contributed by atoms with Crippen LogP contribution in [0.1, 0.15) is 25.7 Å². The number of ether oxygens (including phenoxy) is 1. The van der Waals surface area contributed by atoms with Gasteiger partial charge >= 0.3 is 0 Å². The van der Waals surface area contributed by atoms with E-state index in [4.69, 9.17) is 9.72 Å². The number of nitrogens with zero attached hydrogens (tertiary/aromatic N) is 3. The Morgan fingerprint density at radius 2 is 2.04 bits per heavy atom. The molecule has 118 valence electrons. The molecular formula is C18H20N4O. The SMILES string of the molecule is COc1ccc(-c2nc3ccccn3c2NC2CCCC2)nc1. The summed E-state index contributed by atoms with van der Waals surface area (Å²) in [7, 11) is 1.65. The number of imidazole rings is 1. The summed E-state index contributed by atoms with van der Waals surface area (Å²) < 4.78 is 7.31. The molecule has 0 spiro atoms. The molecule has 0 saturated heterocycles. The van der Waals surface area contributed by atoms with Crippen LogP contribution in [0.2, 0.25) is 0 Å². The number of rotatable bonds is 4. The summed E-state index contributed by atoms with van der Waals surface area (Å²) in [6, 6.07) is 10.5. The predicted octanol–water partition coefficient (Wildman–Crippen LogP) is 3.76. The molecule has 0 radical (unpaired) electrons. The standard InChI is InChI=1S/C18H20N4O/c1-23-14-9-10-15(19-12-14)17-18(20-13-6-2-3-7-13)22-11-5-4-8-16(22)21-17/h4-5,8-13,20H,2-3,6-7H2,1H3. The van der Waals surface area contributed by atoms with Crippen LogP contribution in [0.3, 0.4) is 0 Å². The number of nitrogens with one attached hydrogen (secondary N) is 1. The molecule has 1 aliphatic rings. The number of aromatic nitrogens is 3. The highest BCUT2D eigenvalue weighted by atomic mass is 16.5. The van der Waals surface area contributed by atoms with Gasteiger partial charge in [-0.2, -0.15) is 0 Å². The van der Waals surface area contributed by atoms with Gasteiger partial charge in [0, 0.05) is 12.2 Å². The van der Waals surface area contributed by atoms with Gasteiger partial charge in [0.1, 0.15) is 22.9 Å². The quantitative estimate of drug-likeness (QED) is 0.797. The number of anilines is 1. The lowest BCUT2D eigenvalue weighted by Gasteiger charge is -2.14. The van der Waals surface area contributed by atoms with Gasteiger partial charge in [-0.05, 0) is 37.1 Å². The number of methoxy groups -OCH3 is 1. The van der Waals surface area contributed by atoms with Gasteiger partial charge in [0.15, 0.2) is 0 Å². The second-order valence-electron chi connectivity index (χ2n) is 5.95. The molecule has 0 unspecified atom stereocenters. The van der Waals surface area contributed by atoms with E-state index in [1.165, 1.54) is 25.7 Å². The first-order valence-corrected chi connectivity index (χ1v) is 8.09. The van der Waals surface area contributed by atoms with Crippen LogP contribution >= 0.6 is 0 Å². The second kappa shape index (κ2) is 5.91. The van der Waals surface area contributed by atoms with Crippen molar-refractivity contribution < 1.29 is 4.74 Å². The van der Waals surface area contributed by atoms with E-state index < -0.39 is 0 Å². The summed E-state index contributed by atoms with van der Waals surface area (Å²) in [5, 5.41) is 3.69. The van der Waals surface area contributed by atoms with Gasteiger partial charge < -0.3 is 10.1 Å². The van der Waals surface area contributed by atoms with Gasteiger partial charge in [-0.25, -0.2) is 4.98 Å². The maximum Gasteiger partial charge on any atom is 0.140 e. The van der Waals surface area contributed by atoms with E-state index in [1.54, 1.807) is 13.3 Å². The fourth-order valence-electron chi connectivity index (χ4n) is 3.22. The van der Waals surface area contributed by atoms with Gasteiger partial charge in [0.05, 0.1) is 19.0 Å². The lowest BCUT2D eigenvalue weighted by atomic mass is 10.2. The Morgan fingerprint density at radius 1 is 1.17 bits per heavy atom. The van der Waals surface area contributed by atoms with Gasteiger partial charge in [-0.1, -0.05) is 18.9 Å². The minimum atomic E-state index is 0.520. The highest BCUT2D eigenvalue weighted by Gasteiger charge is 2.20. The molecule has 1 aliphatic carbocycles. The highest BCUT2D eigenvalue weighted by Crippen LogP contribution is 2.31. The molecule has 0 atom stereocenters. The van der Waals surface area contributed by atoms with Crippen molar-refractivity contribution in [2.45, 2.75) is 31.7 Å². The molecule has 3 aromatic heterocycles.